The third-order valence-electron chi connectivity index (χ3n) is 2.11. The molecule has 7 heteroatoms. The van der Waals surface area contributed by atoms with Crippen LogP contribution in [-0.2, 0) is 30.6 Å². The van der Waals surface area contributed by atoms with Gasteiger partial charge in [-0.2, -0.15) is 0 Å². The van der Waals surface area contributed by atoms with E-state index < -0.39 is 23.9 Å². The van der Waals surface area contributed by atoms with Crippen LogP contribution in [0.5, 0.6) is 0 Å². The molecule has 1 aliphatic heterocycles. The molecule has 1 N–H and O–H groups in total. The smallest absolute Gasteiger partial charge is 0.681 e. The first-order valence-electron chi connectivity index (χ1n) is 4.86. The van der Waals surface area contributed by atoms with Crippen LogP contribution in [0.3, 0.4) is 0 Å². The molecule has 0 unspecified atom stereocenters. The second-order valence-corrected chi connectivity index (χ2v) is 3.31. The molecule has 0 aliphatic carbocycles. The Morgan fingerprint density at radius 2 is 2.22 bits per heavy atom. The van der Waals surface area contributed by atoms with E-state index >= 15 is 0 Å². The number of alkyl carbamates (subject to hydrolysis) is 1. The van der Waals surface area contributed by atoms with E-state index in [2.05, 4.69) is 16.1 Å². The molecular weight excluding hydrogens is 408 g/mol. The maximum Gasteiger partial charge on any atom is 2.00 e. The van der Waals surface area contributed by atoms with Crippen molar-refractivity contribution in [2.24, 2.45) is 0 Å². The summed E-state index contributed by atoms with van der Waals surface area (Å²) < 4.78 is 4.57. The summed E-state index contributed by atoms with van der Waals surface area (Å²) in [5, 5.41) is 5.59. The summed E-state index contributed by atoms with van der Waals surface area (Å²) in [5.41, 5.74) is 0.261. The minimum Gasteiger partial charge on any atom is -0.681 e. The second kappa shape index (κ2) is 6.30. The minimum atomic E-state index is -0.992. The first-order valence-corrected chi connectivity index (χ1v) is 4.86. The van der Waals surface area contributed by atoms with Crippen LogP contribution in [0.1, 0.15) is 10.4 Å². The van der Waals surface area contributed by atoms with Crippen molar-refractivity contribution in [1.82, 2.24) is 5.32 Å². The molecule has 6 nitrogen and oxygen atoms in total. The van der Waals surface area contributed by atoms with E-state index in [4.69, 9.17) is 0 Å². The molecular formula is C11H8N2O4W. The van der Waals surface area contributed by atoms with E-state index in [1.165, 1.54) is 0 Å². The van der Waals surface area contributed by atoms with Gasteiger partial charge in [-0.25, -0.2) is 4.79 Å². The Balaban J connectivity index is 0.00000162. The summed E-state index contributed by atoms with van der Waals surface area (Å²) in [6.07, 6.45) is -0.819. The number of ether oxygens (including phenoxy) is 1. The molecule has 1 fully saturated rings. The Hall–Kier alpha value is -1.68. The van der Waals surface area contributed by atoms with Gasteiger partial charge in [0.25, 0.3) is 0 Å². The zero-order chi connectivity index (χ0) is 12.3. The van der Waals surface area contributed by atoms with Gasteiger partial charge in [0.15, 0.2) is 0 Å². The maximum atomic E-state index is 11.6. The Labute approximate surface area is 117 Å². The van der Waals surface area contributed by atoms with Crippen LogP contribution in [0.15, 0.2) is 24.3 Å². The number of imide groups is 1. The number of hydrogen-bond acceptors (Lipinski definition) is 4. The van der Waals surface area contributed by atoms with Crippen molar-refractivity contribution in [2.75, 3.05) is 6.61 Å². The molecule has 92 valence electrons. The summed E-state index contributed by atoms with van der Waals surface area (Å²) in [4.78, 5) is 33.6. The zero-order valence-corrected chi connectivity index (χ0v) is 12.0. The molecule has 1 aromatic carbocycles. The normalized spacial score (nSPS) is 18.1. The number of hydrogen-bond donors (Lipinski definition) is 1. The number of benzene rings is 1. The van der Waals surface area contributed by atoms with Crippen LogP contribution >= 0.6 is 0 Å². The van der Waals surface area contributed by atoms with Crippen molar-refractivity contribution in [3.05, 3.63) is 41.2 Å². The van der Waals surface area contributed by atoms with E-state index in [1.54, 1.807) is 24.3 Å². The van der Waals surface area contributed by atoms with Crippen LogP contribution in [0.25, 0.3) is 5.32 Å². The van der Waals surface area contributed by atoms with Crippen molar-refractivity contribution in [1.29, 1.82) is 0 Å². The number of amides is 3. The average molecular weight is 416 g/mol. The number of nitrogens with zero attached hydrogens (tertiary/aromatic N) is 1. The zero-order valence-electron chi connectivity index (χ0n) is 9.08. The molecule has 1 saturated heterocycles. The van der Waals surface area contributed by atoms with E-state index in [-0.39, 0.29) is 33.2 Å². The van der Waals surface area contributed by atoms with Crippen LogP contribution in [0.4, 0.5) is 4.79 Å². The Morgan fingerprint density at radius 3 is 2.83 bits per heavy atom. The molecule has 18 heavy (non-hydrogen) atoms. The summed E-state index contributed by atoms with van der Waals surface area (Å²) in [5.74, 6) is -1.20. The molecule has 2 rings (SSSR count). The van der Waals surface area contributed by atoms with Gasteiger partial charge in [0.2, 0.25) is 5.91 Å². The molecule has 0 spiro atoms. The van der Waals surface area contributed by atoms with Crippen molar-refractivity contribution in [2.45, 2.75) is 6.04 Å². The largest absolute Gasteiger partial charge is 2.00 e. The molecule has 0 bridgehead atoms. The van der Waals surface area contributed by atoms with Crippen LogP contribution < -0.4 is 5.32 Å². The summed E-state index contributed by atoms with van der Waals surface area (Å²) in [6.45, 7) is -0.219. The fraction of sp³-hybridized carbons (Fsp3) is 0.182. The van der Waals surface area contributed by atoms with Gasteiger partial charge in [-0.3, -0.25) is 10.1 Å². The topological polar surface area (TPSA) is 86.6 Å². The first-order chi connectivity index (χ1) is 8.16. The average Bonchev–Trinajstić information content (AvgIpc) is 2.34. The van der Waals surface area contributed by atoms with Gasteiger partial charge in [-0.1, -0.05) is 0 Å². The van der Waals surface area contributed by atoms with Gasteiger partial charge in [-0.05, 0) is 11.9 Å². The fourth-order valence-corrected chi connectivity index (χ4v) is 1.28. The molecule has 0 aromatic heterocycles. The van der Waals surface area contributed by atoms with Crippen LogP contribution in [0.2, 0.25) is 0 Å². The van der Waals surface area contributed by atoms with E-state index in [0.29, 0.717) is 0 Å². The van der Waals surface area contributed by atoms with E-state index in [0.717, 1.165) is 0 Å². The summed E-state index contributed by atoms with van der Waals surface area (Å²) in [7, 11) is 0. The van der Waals surface area contributed by atoms with Crippen LogP contribution in [0, 0.1) is 6.07 Å². The number of cyclic esters (lactones) is 1. The molecule has 1 atom stereocenters. The van der Waals surface area contributed by atoms with Gasteiger partial charge in [0, 0.05) is 0 Å². The van der Waals surface area contributed by atoms with Crippen molar-refractivity contribution >= 4 is 17.9 Å². The van der Waals surface area contributed by atoms with Gasteiger partial charge in [-0.15, -0.1) is 35.9 Å². The number of nitrogens with one attached hydrogen (secondary N) is 1. The molecule has 1 heterocycles. The summed E-state index contributed by atoms with van der Waals surface area (Å²) >= 11 is 0. The Bertz CT molecular complexity index is 463. The van der Waals surface area contributed by atoms with Gasteiger partial charge < -0.3 is 14.8 Å². The second-order valence-electron chi connectivity index (χ2n) is 3.31. The van der Waals surface area contributed by atoms with Crippen molar-refractivity contribution in [3.63, 3.8) is 0 Å². The van der Waals surface area contributed by atoms with E-state index in [9.17, 15) is 14.4 Å². The molecule has 3 amide bonds. The number of carbonyl (C=O) groups is 3. The SMILES string of the molecule is O=C1NC(=O)[C@@H]([N-]C(=O)c2[c-]cccc2)CO1.[W+2]. The van der Waals surface area contributed by atoms with Crippen LogP contribution in [-0.4, -0.2) is 30.6 Å². The Morgan fingerprint density at radius 1 is 1.44 bits per heavy atom. The Kier molecular flexibility index (Phi) is 5.04. The summed E-state index contributed by atoms with van der Waals surface area (Å²) in [6, 6.07) is 8.20. The maximum absolute atomic E-state index is 11.6. The first kappa shape index (κ1) is 14.4. The monoisotopic (exact) mass is 416 g/mol. The van der Waals surface area contributed by atoms with Gasteiger partial charge in [0.1, 0.15) is 0 Å². The third kappa shape index (κ3) is 3.40. The van der Waals surface area contributed by atoms with E-state index in [1.807, 2.05) is 5.32 Å². The molecule has 1 aliphatic rings. The standard InChI is InChI=1S/C11H9N2O4.W/c14-9(7-4-2-1-3-5-7)12-8-6-17-11(16)13-10(8)15;/h1-4,8H,6H2,(H2,12,13,14,15,16);/q-1;+2/p-1/t8-;/m0./s1. The van der Waals surface area contributed by atoms with Gasteiger partial charge in [0.05, 0.1) is 6.61 Å². The molecule has 1 aromatic rings. The van der Waals surface area contributed by atoms with Crippen molar-refractivity contribution in [3.8, 4) is 0 Å². The number of carbonyl (C=O) groups excluding carboxylic acids is 3. The molecule has 0 saturated carbocycles. The quantitative estimate of drug-likeness (QED) is 0.718. The third-order valence-corrected chi connectivity index (χ3v) is 2.11. The predicted molar refractivity (Wildman–Crippen MR) is 56.2 cm³/mol. The van der Waals surface area contributed by atoms with Crippen molar-refractivity contribution < 1.29 is 40.2 Å². The minimum absolute atomic E-state index is 0. The molecule has 0 radical (unpaired) electrons. The number of rotatable bonds is 2. The fourth-order valence-electron chi connectivity index (χ4n) is 1.28. The van der Waals surface area contributed by atoms with Gasteiger partial charge >= 0.3 is 27.2 Å². The predicted octanol–water partition coefficient (Wildman–Crippen LogP) is 0.633.